The molecule has 0 fully saturated rings. The second-order valence-corrected chi connectivity index (χ2v) is 5.62. The van der Waals surface area contributed by atoms with Gasteiger partial charge in [-0.25, -0.2) is 0 Å². The lowest BCUT2D eigenvalue weighted by Gasteiger charge is -2.18. The molecule has 0 aliphatic rings. The maximum absolute atomic E-state index is 5.71. The van der Waals surface area contributed by atoms with E-state index in [1.165, 1.54) is 6.42 Å². The molecule has 0 aliphatic carbocycles. The van der Waals surface area contributed by atoms with Crippen LogP contribution in [0.5, 0.6) is 5.75 Å². The largest absolute Gasteiger partial charge is 0.494 e. The maximum atomic E-state index is 5.71. The Kier molecular flexibility index (Phi) is 6.60. The van der Waals surface area contributed by atoms with E-state index < -0.39 is 0 Å². The van der Waals surface area contributed by atoms with Gasteiger partial charge < -0.3 is 10.1 Å². The SMILES string of the molecule is CNC(CCOc1ccc(Br)cc1)CC(C)C. The van der Waals surface area contributed by atoms with Crippen LogP contribution in [0.4, 0.5) is 0 Å². The quantitative estimate of drug-likeness (QED) is 0.826. The van der Waals surface area contributed by atoms with Crippen LogP contribution in [0, 0.1) is 5.92 Å². The second-order valence-electron chi connectivity index (χ2n) is 4.71. The third-order valence-corrected chi connectivity index (χ3v) is 3.24. The molecule has 17 heavy (non-hydrogen) atoms. The highest BCUT2D eigenvalue weighted by Gasteiger charge is 2.08. The summed E-state index contributed by atoms with van der Waals surface area (Å²) in [4.78, 5) is 0. The maximum Gasteiger partial charge on any atom is 0.119 e. The molecule has 1 aromatic rings. The summed E-state index contributed by atoms with van der Waals surface area (Å²) < 4.78 is 6.80. The smallest absolute Gasteiger partial charge is 0.119 e. The molecule has 0 spiro atoms. The van der Waals surface area contributed by atoms with E-state index >= 15 is 0 Å². The number of nitrogens with one attached hydrogen (secondary N) is 1. The van der Waals surface area contributed by atoms with Gasteiger partial charge >= 0.3 is 0 Å². The summed E-state index contributed by atoms with van der Waals surface area (Å²) in [5.41, 5.74) is 0. The summed E-state index contributed by atoms with van der Waals surface area (Å²) in [6, 6.07) is 8.52. The van der Waals surface area contributed by atoms with Gasteiger partial charge in [0.1, 0.15) is 5.75 Å². The Morgan fingerprint density at radius 2 is 1.88 bits per heavy atom. The predicted octanol–water partition coefficient (Wildman–Crippen LogP) is 3.85. The predicted molar refractivity (Wildman–Crippen MR) is 76.6 cm³/mol. The van der Waals surface area contributed by atoms with Crippen LogP contribution in [0.2, 0.25) is 0 Å². The van der Waals surface area contributed by atoms with Crippen molar-refractivity contribution in [2.45, 2.75) is 32.7 Å². The molecule has 1 unspecified atom stereocenters. The lowest BCUT2D eigenvalue weighted by atomic mass is 10.0. The molecule has 1 rings (SSSR count). The molecule has 0 bridgehead atoms. The van der Waals surface area contributed by atoms with Crippen molar-refractivity contribution >= 4 is 15.9 Å². The van der Waals surface area contributed by atoms with E-state index in [1.807, 2.05) is 31.3 Å². The van der Waals surface area contributed by atoms with E-state index in [4.69, 9.17) is 4.74 Å². The molecule has 2 nitrogen and oxygen atoms in total. The van der Waals surface area contributed by atoms with Crippen LogP contribution in [0.25, 0.3) is 0 Å². The van der Waals surface area contributed by atoms with Crippen molar-refractivity contribution < 1.29 is 4.74 Å². The molecular weight excluding hydrogens is 278 g/mol. The summed E-state index contributed by atoms with van der Waals surface area (Å²) in [6.07, 6.45) is 2.24. The van der Waals surface area contributed by atoms with E-state index in [-0.39, 0.29) is 0 Å². The minimum absolute atomic E-state index is 0.547. The van der Waals surface area contributed by atoms with Gasteiger partial charge in [0.05, 0.1) is 6.61 Å². The Hall–Kier alpha value is -0.540. The molecule has 1 N–H and O–H groups in total. The van der Waals surface area contributed by atoms with Gasteiger partial charge in [0, 0.05) is 10.5 Å². The van der Waals surface area contributed by atoms with Gasteiger partial charge in [0.15, 0.2) is 0 Å². The van der Waals surface area contributed by atoms with Crippen LogP contribution in [0.3, 0.4) is 0 Å². The molecule has 0 saturated heterocycles. The average Bonchev–Trinajstić information content (AvgIpc) is 2.30. The third-order valence-electron chi connectivity index (χ3n) is 2.71. The Balaban J connectivity index is 2.28. The number of halogens is 1. The van der Waals surface area contributed by atoms with Crippen molar-refractivity contribution in [3.05, 3.63) is 28.7 Å². The van der Waals surface area contributed by atoms with Gasteiger partial charge in [0.2, 0.25) is 0 Å². The fourth-order valence-corrected chi connectivity index (χ4v) is 2.06. The summed E-state index contributed by atoms with van der Waals surface area (Å²) in [5, 5.41) is 3.34. The number of hydrogen-bond donors (Lipinski definition) is 1. The summed E-state index contributed by atoms with van der Waals surface area (Å²) in [5.74, 6) is 1.66. The van der Waals surface area contributed by atoms with Gasteiger partial charge in [0.25, 0.3) is 0 Å². The molecule has 0 amide bonds. The molecule has 0 aliphatic heterocycles. The Morgan fingerprint density at radius 3 is 2.41 bits per heavy atom. The number of ether oxygens (including phenoxy) is 1. The first-order chi connectivity index (χ1) is 8.11. The van der Waals surface area contributed by atoms with Crippen molar-refractivity contribution in [3.63, 3.8) is 0 Å². The van der Waals surface area contributed by atoms with Crippen molar-refractivity contribution in [1.29, 1.82) is 0 Å². The molecule has 0 radical (unpaired) electrons. The highest BCUT2D eigenvalue weighted by molar-refractivity contribution is 9.10. The standard InChI is InChI=1S/C14H22BrNO/c1-11(2)10-13(16-3)8-9-17-14-6-4-12(15)5-7-14/h4-7,11,13,16H,8-10H2,1-3H3. The lowest BCUT2D eigenvalue weighted by molar-refractivity contribution is 0.277. The molecule has 0 aromatic heterocycles. The molecule has 0 heterocycles. The van der Waals surface area contributed by atoms with Crippen LogP contribution in [0.1, 0.15) is 26.7 Å². The van der Waals surface area contributed by atoms with Crippen molar-refractivity contribution in [2.24, 2.45) is 5.92 Å². The van der Waals surface area contributed by atoms with Gasteiger partial charge in [-0.2, -0.15) is 0 Å². The number of rotatable bonds is 7. The highest BCUT2D eigenvalue weighted by atomic mass is 79.9. The monoisotopic (exact) mass is 299 g/mol. The van der Waals surface area contributed by atoms with Gasteiger partial charge in [-0.15, -0.1) is 0 Å². The molecule has 0 saturated carbocycles. The number of hydrogen-bond acceptors (Lipinski definition) is 2. The van der Waals surface area contributed by atoms with Gasteiger partial charge in [-0.05, 0) is 50.1 Å². The fraction of sp³-hybridized carbons (Fsp3) is 0.571. The van der Waals surface area contributed by atoms with Crippen molar-refractivity contribution in [3.8, 4) is 5.75 Å². The van der Waals surface area contributed by atoms with Gasteiger partial charge in [-0.3, -0.25) is 0 Å². The normalized spacial score (nSPS) is 12.8. The first kappa shape index (κ1) is 14.5. The molecule has 1 aromatic carbocycles. The number of benzene rings is 1. The lowest BCUT2D eigenvalue weighted by Crippen LogP contribution is -2.28. The minimum atomic E-state index is 0.547. The second kappa shape index (κ2) is 7.72. The first-order valence-corrected chi connectivity index (χ1v) is 6.96. The Bertz CT molecular complexity index is 311. The van der Waals surface area contributed by atoms with E-state index in [0.29, 0.717) is 6.04 Å². The average molecular weight is 300 g/mol. The zero-order chi connectivity index (χ0) is 12.7. The molecular formula is C14H22BrNO. The van der Waals surface area contributed by atoms with E-state index in [1.54, 1.807) is 0 Å². The van der Waals surface area contributed by atoms with E-state index in [9.17, 15) is 0 Å². The van der Waals surface area contributed by atoms with E-state index in [0.717, 1.165) is 29.2 Å². The highest BCUT2D eigenvalue weighted by Crippen LogP contribution is 2.16. The Morgan fingerprint density at radius 1 is 1.24 bits per heavy atom. The third kappa shape index (κ3) is 6.08. The minimum Gasteiger partial charge on any atom is -0.494 e. The van der Waals surface area contributed by atoms with Crippen molar-refractivity contribution in [2.75, 3.05) is 13.7 Å². The molecule has 1 atom stereocenters. The topological polar surface area (TPSA) is 21.3 Å². The van der Waals surface area contributed by atoms with E-state index in [2.05, 4.69) is 35.1 Å². The molecule has 96 valence electrons. The van der Waals surface area contributed by atoms with Gasteiger partial charge in [-0.1, -0.05) is 29.8 Å². The van der Waals surface area contributed by atoms with Crippen LogP contribution in [-0.4, -0.2) is 19.7 Å². The van der Waals surface area contributed by atoms with Crippen LogP contribution >= 0.6 is 15.9 Å². The Labute approximate surface area is 113 Å². The zero-order valence-corrected chi connectivity index (χ0v) is 12.5. The zero-order valence-electron chi connectivity index (χ0n) is 10.9. The fourth-order valence-electron chi connectivity index (χ4n) is 1.80. The van der Waals surface area contributed by atoms with Crippen LogP contribution in [-0.2, 0) is 0 Å². The summed E-state index contributed by atoms with van der Waals surface area (Å²) in [6.45, 7) is 5.26. The van der Waals surface area contributed by atoms with Crippen LogP contribution < -0.4 is 10.1 Å². The summed E-state index contributed by atoms with van der Waals surface area (Å²) >= 11 is 3.41. The molecule has 3 heteroatoms. The first-order valence-electron chi connectivity index (χ1n) is 6.17. The summed E-state index contributed by atoms with van der Waals surface area (Å²) in [7, 11) is 2.02. The van der Waals surface area contributed by atoms with Crippen molar-refractivity contribution in [1.82, 2.24) is 5.32 Å². The van der Waals surface area contributed by atoms with Crippen LogP contribution in [0.15, 0.2) is 28.7 Å².